The van der Waals surface area contributed by atoms with E-state index in [1.54, 1.807) is 6.07 Å². The Bertz CT molecular complexity index is 382. The van der Waals surface area contributed by atoms with Crippen molar-refractivity contribution in [2.45, 2.75) is 6.92 Å². The molecule has 1 aromatic carbocycles. The van der Waals surface area contributed by atoms with Crippen molar-refractivity contribution in [3.05, 3.63) is 18.2 Å². The predicted molar refractivity (Wildman–Crippen MR) is 68.1 cm³/mol. The van der Waals surface area contributed by atoms with Crippen LogP contribution in [0.25, 0.3) is 0 Å². The number of ether oxygens (including phenoxy) is 1. The second kappa shape index (κ2) is 6.47. The molecule has 0 spiro atoms. The zero-order valence-electron chi connectivity index (χ0n) is 9.82. The van der Waals surface area contributed by atoms with Crippen LogP contribution >= 0.6 is 0 Å². The summed E-state index contributed by atoms with van der Waals surface area (Å²) < 4.78 is 5.37. The Labute approximate surface area is 100 Å². The highest BCUT2D eigenvalue weighted by Gasteiger charge is 2.01. The fraction of sp³-hybridized carbons (Fsp3) is 0.364. The van der Waals surface area contributed by atoms with Gasteiger partial charge in [0, 0.05) is 24.8 Å². The van der Waals surface area contributed by atoms with Gasteiger partial charge in [-0.05, 0) is 19.1 Å². The molecule has 0 heterocycles. The Hall–Kier alpha value is -2.11. The van der Waals surface area contributed by atoms with Crippen LogP contribution in [-0.4, -0.2) is 25.7 Å². The first-order valence-corrected chi connectivity index (χ1v) is 5.43. The molecule has 0 radical (unpaired) electrons. The maximum atomic E-state index is 10.4. The molecule has 0 aliphatic carbocycles. The highest BCUT2D eigenvalue weighted by molar-refractivity contribution is 5.71. The molecule has 94 valence electrons. The summed E-state index contributed by atoms with van der Waals surface area (Å²) in [5, 5.41) is 5.61. The van der Waals surface area contributed by atoms with Crippen LogP contribution in [0.15, 0.2) is 18.2 Å². The van der Waals surface area contributed by atoms with Crippen molar-refractivity contribution in [3.63, 3.8) is 0 Å². The molecular formula is C11H18N4O2. The average molecular weight is 238 g/mol. The lowest BCUT2D eigenvalue weighted by molar-refractivity contribution is 0.249. The minimum absolute atomic E-state index is 0.462. The highest BCUT2D eigenvalue weighted by Crippen LogP contribution is 2.25. The largest absolute Gasteiger partial charge is 0.492 e. The van der Waals surface area contributed by atoms with E-state index in [-0.39, 0.29) is 0 Å². The maximum Gasteiger partial charge on any atom is 0.312 e. The number of carbonyl (C=O) groups is 1. The topological polar surface area (TPSA) is 102 Å². The van der Waals surface area contributed by atoms with Crippen LogP contribution in [-0.2, 0) is 0 Å². The second-order valence-corrected chi connectivity index (χ2v) is 3.40. The molecule has 0 aliphatic rings. The number of nitrogens with one attached hydrogen (secondary N) is 2. The monoisotopic (exact) mass is 238 g/mol. The van der Waals surface area contributed by atoms with Gasteiger partial charge >= 0.3 is 6.03 Å². The smallest absolute Gasteiger partial charge is 0.312 e. The van der Waals surface area contributed by atoms with E-state index in [1.807, 2.05) is 19.1 Å². The Morgan fingerprint density at radius 2 is 2.18 bits per heavy atom. The van der Waals surface area contributed by atoms with Crippen molar-refractivity contribution in [2.24, 2.45) is 5.73 Å². The molecule has 6 N–H and O–H groups in total. The lowest BCUT2D eigenvalue weighted by Gasteiger charge is -2.11. The summed E-state index contributed by atoms with van der Waals surface area (Å²) in [6.07, 6.45) is 0. The Balaban J connectivity index is 2.48. The first kappa shape index (κ1) is 13.0. The molecule has 0 saturated heterocycles. The number of hydrogen-bond donors (Lipinski definition) is 4. The number of hydrogen-bond acceptors (Lipinski definition) is 4. The second-order valence-electron chi connectivity index (χ2n) is 3.40. The molecule has 6 heteroatoms. The van der Waals surface area contributed by atoms with Gasteiger partial charge in [0.1, 0.15) is 5.75 Å². The van der Waals surface area contributed by atoms with Gasteiger partial charge in [0.15, 0.2) is 0 Å². The van der Waals surface area contributed by atoms with Crippen LogP contribution in [0.5, 0.6) is 5.75 Å². The summed E-state index contributed by atoms with van der Waals surface area (Å²) in [7, 11) is 0. The van der Waals surface area contributed by atoms with Crippen LogP contribution in [0.1, 0.15) is 6.92 Å². The lowest BCUT2D eigenvalue weighted by Crippen LogP contribution is -2.33. The van der Waals surface area contributed by atoms with E-state index in [9.17, 15) is 4.79 Å². The van der Waals surface area contributed by atoms with Gasteiger partial charge in [-0.2, -0.15) is 0 Å². The first-order chi connectivity index (χ1) is 8.13. The predicted octanol–water partition coefficient (Wildman–Crippen LogP) is 0.748. The maximum absolute atomic E-state index is 10.4. The molecule has 0 aliphatic heterocycles. The molecule has 0 unspecified atom stereocenters. The third-order valence-corrected chi connectivity index (χ3v) is 2.07. The standard InChI is InChI=1S/C11H18N4O2/c1-2-17-10-7-8(3-4-9(10)12)14-5-6-15-11(13)16/h3-4,7,14H,2,5-6,12H2,1H3,(H3,13,15,16). The van der Waals surface area contributed by atoms with E-state index in [4.69, 9.17) is 16.2 Å². The van der Waals surface area contributed by atoms with Crippen LogP contribution in [0.3, 0.4) is 0 Å². The Morgan fingerprint density at radius 3 is 2.82 bits per heavy atom. The fourth-order valence-electron chi connectivity index (χ4n) is 1.32. The molecule has 0 fully saturated rings. The van der Waals surface area contributed by atoms with E-state index >= 15 is 0 Å². The van der Waals surface area contributed by atoms with Gasteiger partial charge in [0.05, 0.1) is 12.3 Å². The van der Waals surface area contributed by atoms with Crippen LogP contribution < -0.4 is 26.8 Å². The summed E-state index contributed by atoms with van der Waals surface area (Å²) in [5.74, 6) is 0.653. The normalized spacial score (nSPS) is 9.71. The summed E-state index contributed by atoms with van der Waals surface area (Å²) in [6.45, 7) is 3.51. The fourth-order valence-corrected chi connectivity index (χ4v) is 1.32. The summed E-state index contributed by atoms with van der Waals surface area (Å²) in [5.41, 5.74) is 12.2. The molecule has 0 saturated carbocycles. The number of nitrogens with two attached hydrogens (primary N) is 2. The molecule has 2 amide bonds. The molecule has 1 rings (SSSR count). The summed E-state index contributed by atoms with van der Waals surface area (Å²) in [4.78, 5) is 10.4. The van der Waals surface area contributed by atoms with Gasteiger partial charge < -0.3 is 26.8 Å². The molecular weight excluding hydrogens is 220 g/mol. The van der Waals surface area contributed by atoms with Gasteiger partial charge in [0.25, 0.3) is 0 Å². The van der Waals surface area contributed by atoms with Gasteiger partial charge in [0.2, 0.25) is 0 Å². The molecule has 0 aromatic heterocycles. The van der Waals surface area contributed by atoms with Crippen molar-refractivity contribution in [1.29, 1.82) is 0 Å². The lowest BCUT2D eigenvalue weighted by atomic mass is 10.2. The highest BCUT2D eigenvalue weighted by atomic mass is 16.5. The molecule has 0 bridgehead atoms. The molecule has 1 aromatic rings. The van der Waals surface area contributed by atoms with E-state index < -0.39 is 6.03 Å². The Morgan fingerprint density at radius 1 is 1.41 bits per heavy atom. The van der Waals surface area contributed by atoms with Crippen LogP contribution in [0, 0.1) is 0 Å². The summed E-state index contributed by atoms with van der Waals surface area (Å²) in [6, 6.07) is 4.92. The number of primary amides is 1. The number of rotatable bonds is 6. The summed E-state index contributed by atoms with van der Waals surface area (Å²) >= 11 is 0. The average Bonchev–Trinajstić information content (AvgIpc) is 2.28. The van der Waals surface area contributed by atoms with E-state index in [2.05, 4.69) is 10.6 Å². The van der Waals surface area contributed by atoms with Crippen molar-refractivity contribution >= 4 is 17.4 Å². The van der Waals surface area contributed by atoms with Crippen LogP contribution in [0.4, 0.5) is 16.2 Å². The number of nitrogen functional groups attached to an aromatic ring is 1. The van der Waals surface area contributed by atoms with E-state index in [0.29, 0.717) is 31.1 Å². The number of benzene rings is 1. The Kier molecular flexibility index (Phi) is 4.93. The van der Waals surface area contributed by atoms with Gasteiger partial charge in [-0.15, -0.1) is 0 Å². The van der Waals surface area contributed by atoms with Gasteiger partial charge in [-0.3, -0.25) is 0 Å². The third kappa shape index (κ3) is 4.50. The molecule has 6 nitrogen and oxygen atoms in total. The van der Waals surface area contributed by atoms with E-state index in [1.165, 1.54) is 0 Å². The number of amides is 2. The molecule has 17 heavy (non-hydrogen) atoms. The number of carbonyl (C=O) groups excluding carboxylic acids is 1. The molecule has 0 atom stereocenters. The van der Waals surface area contributed by atoms with E-state index in [0.717, 1.165) is 5.69 Å². The first-order valence-electron chi connectivity index (χ1n) is 5.43. The minimum Gasteiger partial charge on any atom is -0.492 e. The third-order valence-electron chi connectivity index (χ3n) is 2.07. The van der Waals surface area contributed by atoms with Crippen molar-refractivity contribution < 1.29 is 9.53 Å². The van der Waals surface area contributed by atoms with Crippen molar-refractivity contribution in [3.8, 4) is 5.75 Å². The van der Waals surface area contributed by atoms with Crippen LogP contribution in [0.2, 0.25) is 0 Å². The number of urea groups is 1. The quantitative estimate of drug-likeness (QED) is 0.433. The van der Waals surface area contributed by atoms with Crippen molar-refractivity contribution in [2.75, 3.05) is 30.7 Å². The SMILES string of the molecule is CCOc1cc(NCCNC(N)=O)ccc1N. The van der Waals surface area contributed by atoms with Gasteiger partial charge in [-0.1, -0.05) is 0 Å². The minimum atomic E-state index is -0.529. The zero-order chi connectivity index (χ0) is 12.7. The van der Waals surface area contributed by atoms with Gasteiger partial charge in [-0.25, -0.2) is 4.79 Å². The number of anilines is 2. The van der Waals surface area contributed by atoms with Crippen molar-refractivity contribution in [1.82, 2.24) is 5.32 Å². The zero-order valence-corrected chi connectivity index (χ0v) is 9.82.